The molecule has 1 fully saturated rings. The summed E-state index contributed by atoms with van der Waals surface area (Å²) in [5.41, 5.74) is 0.655. The second kappa shape index (κ2) is 7.85. The SMILES string of the molecule is COc1cc(-c2nc(CC(=O)NC3CCCCC3)no2)cc2c1OCCO2. The molecule has 1 N–H and O–H groups in total. The molecule has 4 rings (SSSR count). The molecule has 2 heterocycles. The van der Waals surface area contributed by atoms with Gasteiger partial charge in [-0.25, -0.2) is 0 Å². The van der Waals surface area contributed by atoms with Gasteiger partial charge in [-0.05, 0) is 25.0 Å². The second-order valence-electron chi connectivity index (χ2n) is 6.80. The Kier molecular flexibility index (Phi) is 5.13. The van der Waals surface area contributed by atoms with E-state index in [1.807, 2.05) is 0 Å². The van der Waals surface area contributed by atoms with E-state index >= 15 is 0 Å². The summed E-state index contributed by atoms with van der Waals surface area (Å²) in [6.07, 6.45) is 5.77. The van der Waals surface area contributed by atoms with Crippen LogP contribution in [0.3, 0.4) is 0 Å². The minimum atomic E-state index is -0.0750. The van der Waals surface area contributed by atoms with E-state index in [1.165, 1.54) is 19.3 Å². The number of carbonyl (C=O) groups excluding carboxylic acids is 1. The molecule has 1 saturated carbocycles. The van der Waals surface area contributed by atoms with Gasteiger partial charge in [0.05, 0.1) is 13.5 Å². The van der Waals surface area contributed by atoms with Gasteiger partial charge in [-0.15, -0.1) is 0 Å². The van der Waals surface area contributed by atoms with Crippen LogP contribution in [0.4, 0.5) is 0 Å². The Morgan fingerprint density at radius 2 is 2.04 bits per heavy atom. The fraction of sp³-hybridized carbons (Fsp3) is 0.526. The molecule has 0 bridgehead atoms. The van der Waals surface area contributed by atoms with E-state index in [0.717, 1.165) is 12.8 Å². The highest BCUT2D eigenvalue weighted by Gasteiger charge is 2.22. The molecule has 1 aromatic carbocycles. The molecule has 1 aliphatic carbocycles. The van der Waals surface area contributed by atoms with Crippen LogP contribution in [0.1, 0.15) is 37.9 Å². The molecule has 0 unspecified atom stereocenters. The Balaban J connectivity index is 1.46. The molecular weight excluding hydrogens is 350 g/mol. The lowest BCUT2D eigenvalue weighted by molar-refractivity contribution is -0.121. The van der Waals surface area contributed by atoms with Crippen LogP contribution in [0.2, 0.25) is 0 Å². The lowest BCUT2D eigenvalue weighted by atomic mass is 9.95. The molecule has 1 amide bonds. The van der Waals surface area contributed by atoms with Gasteiger partial charge >= 0.3 is 0 Å². The summed E-state index contributed by atoms with van der Waals surface area (Å²) in [6, 6.07) is 3.79. The monoisotopic (exact) mass is 373 g/mol. The van der Waals surface area contributed by atoms with Crippen LogP contribution in [0.5, 0.6) is 17.2 Å². The number of hydrogen-bond acceptors (Lipinski definition) is 7. The lowest BCUT2D eigenvalue weighted by Gasteiger charge is -2.22. The highest BCUT2D eigenvalue weighted by atomic mass is 16.6. The molecule has 2 aromatic rings. The highest BCUT2D eigenvalue weighted by Crippen LogP contribution is 2.42. The van der Waals surface area contributed by atoms with Gasteiger partial charge in [-0.1, -0.05) is 24.4 Å². The number of fused-ring (bicyclic) bond motifs is 1. The third-order valence-corrected chi connectivity index (χ3v) is 4.83. The van der Waals surface area contributed by atoms with Gasteiger partial charge in [0, 0.05) is 11.6 Å². The molecule has 0 atom stereocenters. The van der Waals surface area contributed by atoms with Crippen LogP contribution in [0.15, 0.2) is 16.7 Å². The summed E-state index contributed by atoms with van der Waals surface area (Å²) in [6.45, 7) is 0.944. The summed E-state index contributed by atoms with van der Waals surface area (Å²) >= 11 is 0. The predicted octanol–water partition coefficient (Wildman–Crippen LogP) is 2.51. The van der Waals surface area contributed by atoms with Crippen molar-refractivity contribution >= 4 is 5.91 Å². The number of aromatic nitrogens is 2. The molecule has 0 saturated heterocycles. The average Bonchev–Trinajstić information content (AvgIpc) is 3.16. The first kappa shape index (κ1) is 17.6. The minimum absolute atomic E-state index is 0.0750. The number of nitrogens with zero attached hydrogens (tertiary/aromatic N) is 2. The Bertz CT molecular complexity index is 796. The van der Waals surface area contributed by atoms with Crippen LogP contribution < -0.4 is 19.5 Å². The zero-order chi connectivity index (χ0) is 18.6. The minimum Gasteiger partial charge on any atom is -0.493 e. The molecule has 27 heavy (non-hydrogen) atoms. The molecule has 8 heteroatoms. The van der Waals surface area contributed by atoms with E-state index in [0.29, 0.717) is 47.7 Å². The Morgan fingerprint density at radius 1 is 1.22 bits per heavy atom. The number of nitrogens with one attached hydrogen (secondary N) is 1. The average molecular weight is 373 g/mol. The van der Waals surface area contributed by atoms with Crippen LogP contribution in [0, 0.1) is 0 Å². The highest BCUT2D eigenvalue weighted by molar-refractivity contribution is 5.78. The summed E-state index contributed by atoms with van der Waals surface area (Å²) in [4.78, 5) is 16.6. The Morgan fingerprint density at radius 3 is 2.85 bits per heavy atom. The number of carbonyl (C=O) groups is 1. The molecular formula is C19H23N3O5. The summed E-state index contributed by atoms with van der Waals surface area (Å²) < 4.78 is 21.9. The van der Waals surface area contributed by atoms with Crippen molar-refractivity contribution in [1.29, 1.82) is 0 Å². The van der Waals surface area contributed by atoms with Crippen molar-refractivity contribution < 1.29 is 23.5 Å². The van der Waals surface area contributed by atoms with Crippen LogP contribution >= 0.6 is 0 Å². The fourth-order valence-corrected chi connectivity index (χ4v) is 3.51. The molecule has 8 nitrogen and oxygen atoms in total. The van der Waals surface area contributed by atoms with E-state index in [-0.39, 0.29) is 18.4 Å². The van der Waals surface area contributed by atoms with Gasteiger partial charge in [0.25, 0.3) is 5.89 Å². The van der Waals surface area contributed by atoms with E-state index in [1.54, 1.807) is 19.2 Å². The molecule has 0 radical (unpaired) electrons. The van der Waals surface area contributed by atoms with Crippen molar-refractivity contribution in [1.82, 2.24) is 15.5 Å². The van der Waals surface area contributed by atoms with Crippen molar-refractivity contribution in [2.75, 3.05) is 20.3 Å². The third kappa shape index (κ3) is 3.99. The maximum atomic E-state index is 12.2. The van der Waals surface area contributed by atoms with Crippen molar-refractivity contribution in [3.05, 3.63) is 18.0 Å². The van der Waals surface area contributed by atoms with Crippen LogP contribution in [-0.2, 0) is 11.2 Å². The number of amides is 1. The molecule has 2 aliphatic rings. The van der Waals surface area contributed by atoms with Crippen LogP contribution in [0.25, 0.3) is 11.5 Å². The predicted molar refractivity (Wildman–Crippen MR) is 96.0 cm³/mol. The van der Waals surface area contributed by atoms with E-state index in [9.17, 15) is 4.79 Å². The van der Waals surface area contributed by atoms with Gasteiger partial charge in [-0.3, -0.25) is 4.79 Å². The Hall–Kier alpha value is -2.77. The number of benzene rings is 1. The summed E-state index contributed by atoms with van der Waals surface area (Å²) in [7, 11) is 1.56. The Labute approximate surface area is 157 Å². The standard InChI is InChI=1S/C19H23N3O5/c1-24-14-9-12(10-15-18(14)26-8-7-25-15)19-21-16(22-27-19)11-17(23)20-13-5-3-2-4-6-13/h9-10,13H,2-8,11H2,1H3,(H,20,23). The number of hydrogen-bond donors (Lipinski definition) is 1. The first-order chi connectivity index (χ1) is 13.2. The lowest BCUT2D eigenvalue weighted by Crippen LogP contribution is -2.37. The summed E-state index contributed by atoms with van der Waals surface area (Å²) in [5, 5.41) is 6.99. The van der Waals surface area contributed by atoms with Crippen molar-refractivity contribution in [3.8, 4) is 28.7 Å². The molecule has 144 valence electrons. The molecule has 0 spiro atoms. The second-order valence-corrected chi connectivity index (χ2v) is 6.80. The fourth-order valence-electron chi connectivity index (χ4n) is 3.51. The number of ether oxygens (including phenoxy) is 3. The quantitative estimate of drug-likeness (QED) is 0.860. The van der Waals surface area contributed by atoms with E-state index in [4.69, 9.17) is 18.7 Å². The first-order valence-electron chi connectivity index (χ1n) is 9.33. The molecule has 1 aromatic heterocycles. The topological polar surface area (TPSA) is 95.7 Å². The largest absolute Gasteiger partial charge is 0.493 e. The van der Waals surface area contributed by atoms with Gasteiger partial charge in [-0.2, -0.15) is 4.98 Å². The van der Waals surface area contributed by atoms with Gasteiger partial charge < -0.3 is 24.1 Å². The van der Waals surface area contributed by atoms with Gasteiger partial charge in [0.15, 0.2) is 17.3 Å². The summed E-state index contributed by atoms with van der Waals surface area (Å²) in [5.74, 6) is 2.27. The maximum absolute atomic E-state index is 12.2. The van der Waals surface area contributed by atoms with Crippen LogP contribution in [-0.4, -0.2) is 42.4 Å². The van der Waals surface area contributed by atoms with Crippen molar-refractivity contribution in [3.63, 3.8) is 0 Å². The normalized spacial score (nSPS) is 16.8. The van der Waals surface area contributed by atoms with Crippen molar-refractivity contribution in [2.24, 2.45) is 0 Å². The zero-order valence-electron chi connectivity index (χ0n) is 15.3. The first-order valence-corrected chi connectivity index (χ1v) is 9.33. The maximum Gasteiger partial charge on any atom is 0.258 e. The molecule has 1 aliphatic heterocycles. The van der Waals surface area contributed by atoms with E-state index in [2.05, 4.69) is 15.5 Å². The van der Waals surface area contributed by atoms with E-state index < -0.39 is 0 Å². The smallest absolute Gasteiger partial charge is 0.258 e. The zero-order valence-corrected chi connectivity index (χ0v) is 15.3. The van der Waals surface area contributed by atoms with Crippen molar-refractivity contribution in [2.45, 2.75) is 44.6 Å². The van der Waals surface area contributed by atoms with Gasteiger partial charge in [0.2, 0.25) is 11.7 Å². The third-order valence-electron chi connectivity index (χ3n) is 4.83. The van der Waals surface area contributed by atoms with Gasteiger partial charge in [0.1, 0.15) is 13.2 Å². The number of methoxy groups -OCH3 is 1. The number of rotatable bonds is 5.